The number of halogens is 2. The highest BCUT2D eigenvalue weighted by molar-refractivity contribution is 6.30. The van der Waals surface area contributed by atoms with Gasteiger partial charge in [-0.3, -0.25) is 0 Å². The summed E-state index contributed by atoms with van der Waals surface area (Å²) in [5.74, 6) is 1.07. The number of aromatic nitrogens is 2. The van der Waals surface area contributed by atoms with Gasteiger partial charge in [0.1, 0.15) is 11.0 Å². The topological polar surface area (TPSA) is 25.8 Å². The summed E-state index contributed by atoms with van der Waals surface area (Å²) in [6, 6.07) is 9.51. The second-order valence-electron chi connectivity index (χ2n) is 4.49. The summed E-state index contributed by atoms with van der Waals surface area (Å²) in [5.41, 5.74) is 2.05. The highest BCUT2D eigenvalue weighted by Gasteiger charge is 2.07. The first kappa shape index (κ1) is 13.3. The van der Waals surface area contributed by atoms with Crippen molar-refractivity contribution >= 4 is 23.2 Å². The first-order valence-corrected chi connectivity index (χ1v) is 6.58. The molecule has 0 radical (unpaired) electrons. The molecule has 1 heterocycles. The fourth-order valence-electron chi connectivity index (χ4n) is 1.69. The minimum atomic E-state index is 0.337. The van der Waals surface area contributed by atoms with Crippen LogP contribution in [0.15, 0.2) is 30.3 Å². The van der Waals surface area contributed by atoms with Crippen molar-refractivity contribution in [2.45, 2.75) is 26.2 Å². The SMILES string of the molecule is CC(C)c1cc(Cl)nc(Cc2cccc(Cl)c2)n1. The van der Waals surface area contributed by atoms with E-state index in [0.717, 1.165) is 22.1 Å². The molecule has 1 aromatic carbocycles. The molecule has 0 spiro atoms. The minimum absolute atomic E-state index is 0.337. The van der Waals surface area contributed by atoms with Crippen molar-refractivity contribution in [3.8, 4) is 0 Å². The van der Waals surface area contributed by atoms with Crippen LogP contribution in [0.5, 0.6) is 0 Å². The van der Waals surface area contributed by atoms with E-state index in [1.165, 1.54) is 0 Å². The van der Waals surface area contributed by atoms with E-state index in [1.807, 2.05) is 30.3 Å². The summed E-state index contributed by atoms with van der Waals surface area (Å²) >= 11 is 12.0. The van der Waals surface area contributed by atoms with Crippen LogP contribution >= 0.6 is 23.2 Å². The molecule has 0 unspecified atom stereocenters. The average Bonchev–Trinajstić information content (AvgIpc) is 2.28. The van der Waals surface area contributed by atoms with E-state index in [4.69, 9.17) is 23.2 Å². The molecule has 0 N–H and O–H groups in total. The molecule has 2 aromatic rings. The number of nitrogens with zero attached hydrogens (tertiary/aromatic N) is 2. The smallest absolute Gasteiger partial charge is 0.134 e. The van der Waals surface area contributed by atoms with Crippen molar-refractivity contribution in [3.05, 3.63) is 57.6 Å². The molecule has 2 nitrogen and oxygen atoms in total. The molecule has 0 aliphatic rings. The Labute approximate surface area is 117 Å². The van der Waals surface area contributed by atoms with Gasteiger partial charge in [0.15, 0.2) is 0 Å². The van der Waals surface area contributed by atoms with Crippen LogP contribution in [-0.2, 0) is 6.42 Å². The van der Waals surface area contributed by atoms with Gasteiger partial charge < -0.3 is 0 Å². The molecule has 1 aromatic heterocycles. The molecule has 0 amide bonds. The fourth-order valence-corrected chi connectivity index (χ4v) is 2.11. The molecule has 18 heavy (non-hydrogen) atoms. The van der Waals surface area contributed by atoms with E-state index < -0.39 is 0 Å². The maximum absolute atomic E-state index is 6.01. The zero-order valence-electron chi connectivity index (χ0n) is 10.3. The summed E-state index contributed by atoms with van der Waals surface area (Å²) in [5, 5.41) is 1.21. The molecule has 0 aliphatic heterocycles. The van der Waals surface area contributed by atoms with Gasteiger partial charge in [-0.25, -0.2) is 9.97 Å². The van der Waals surface area contributed by atoms with Gasteiger partial charge in [-0.15, -0.1) is 0 Å². The highest BCUT2D eigenvalue weighted by atomic mass is 35.5. The summed E-state index contributed by atoms with van der Waals surface area (Å²) < 4.78 is 0. The summed E-state index contributed by atoms with van der Waals surface area (Å²) in [6.07, 6.45) is 0.640. The third-order valence-corrected chi connectivity index (χ3v) is 3.03. The van der Waals surface area contributed by atoms with Crippen molar-refractivity contribution in [1.29, 1.82) is 0 Å². The monoisotopic (exact) mass is 280 g/mol. The first-order valence-electron chi connectivity index (χ1n) is 5.82. The second kappa shape index (κ2) is 5.68. The third-order valence-electron chi connectivity index (χ3n) is 2.60. The van der Waals surface area contributed by atoms with Crippen molar-refractivity contribution in [1.82, 2.24) is 9.97 Å². The van der Waals surface area contributed by atoms with E-state index in [0.29, 0.717) is 17.5 Å². The van der Waals surface area contributed by atoms with Crippen LogP contribution in [0.4, 0.5) is 0 Å². The molecule has 0 bridgehead atoms. The summed E-state index contributed by atoms with van der Waals surface area (Å²) in [4.78, 5) is 8.77. The Morgan fingerprint density at radius 2 is 1.89 bits per heavy atom. The van der Waals surface area contributed by atoms with Crippen LogP contribution < -0.4 is 0 Å². The normalized spacial score (nSPS) is 10.9. The molecule has 0 atom stereocenters. The number of benzene rings is 1. The van der Waals surface area contributed by atoms with Gasteiger partial charge in [-0.1, -0.05) is 49.2 Å². The Hall–Kier alpha value is -1.12. The van der Waals surface area contributed by atoms with E-state index in [2.05, 4.69) is 23.8 Å². The zero-order chi connectivity index (χ0) is 13.1. The molecule has 4 heteroatoms. The van der Waals surface area contributed by atoms with Crippen LogP contribution in [0, 0.1) is 0 Å². The molecule has 0 saturated heterocycles. The molecular formula is C14H14Cl2N2. The van der Waals surface area contributed by atoms with E-state index in [-0.39, 0.29) is 0 Å². The lowest BCUT2D eigenvalue weighted by molar-refractivity contribution is 0.791. The standard InChI is InChI=1S/C14H14Cl2N2/c1-9(2)12-8-13(16)18-14(17-12)7-10-4-3-5-11(15)6-10/h3-6,8-9H,7H2,1-2H3. The van der Waals surface area contributed by atoms with Gasteiger partial charge in [-0.2, -0.15) is 0 Å². The Morgan fingerprint density at radius 3 is 2.56 bits per heavy atom. The van der Waals surface area contributed by atoms with Crippen molar-refractivity contribution in [2.24, 2.45) is 0 Å². The van der Waals surface area contributed by atoms with Gasteiger partial charge in [-0.05, 0) is 29.7 Å². The lowest BCUT2D eigenvalue weighted by Gasteiger charge is -2.08. The van der Waals surface area contributed by atoms with Crippen LogP contribution in [-0.4, -0.2) is 9.97 Å². The predicted octanol–water partition coefficient (Wildman–Crippen LogP) is 4.50. The average molecular weight is 281 g/mol. The Balaban J connectivity index is 2.29. The Bertz CT molecular complexity index is 553. The van der Waals surface area contributed by atoms with Gasteiger partial charge >= 0.3 is 0 Å². The van der Waals surface area contributed by atoms with E-state index in [1.54, 1.807) is 0 Å². The molecule has 2 rings (SSSR count). The van der Waals surface area contributed by atoms with E-state index >= 15 is 0 Å². The zero-order valence-corrected chi connectivity index (χ0v) is 11.8. The largest absolute Gasteiger partial charge is 0.237 e. The quantitative estimate of drug-likeness (QED) is 0.774. The van der Waals surface area contributed by atoms with Crippen LogP contribution in [0.2, 0.25) is 10.2 Å². The molecule has 0 aliphatic carbocycles. The highest BCUT2D eigenvalue weighted by Crippen LogP contribution is 2.18. The lowest BCUT2D eigenvalue weighted by Crippen LogP contribution is -2.02. The van der Waals surface area contributed by atoms with Gasteiger partial charge in [0.2, 0.25) is 0 Å². The van der Waals surface area contributed by atoms with Crippen LogP contribution in [0.1, 0.15) is 36.8 Å². The first-order chi connectivity index (χ1) is 8.54. The predicted molar refractivity (Wildman–Crippen MR) is 75.4 cm³/mol. The van der Waals surface area contributed by atoms with Gasteiger partial charge in [0.25, 0.3) is 0 Å². The van der Waals surface area contributed by atoms with Crippen LogP contribution in [0.25, 0.3) is 0 Å². The number of hydrogen-bond donors (Lipinski definition) is 0. The van der Waals surface area contributed by atoms with Crippen molar-refractivity contribution in [3.63, 3.8) is 0 Å². The molecule has 94 valence electrons. The van der Waals surface area contributed by atoms with Crippen molar-refractivity contribution < 1.29 is 0 Å². The van der Waals surface area contributed by atoms with Gasteiger partial charge in [0, 0.05) is 17.1 Å². The summed E-state index contributed by atoms with van der Waals surface area (Å²) in [7, 11) is 0. The van der Waals surface area contributed by atoms with E-state index in [9.17, 15) is 0 Å². The number of hydrogen-bond acceptors (Lipinski definition) is 2. The molecular weight excluding hydrogens is 267 g/mol. The van der Waals surface area contributed by atoms with Crippen LogP contribution in [0.3, 0.4) is 0 Å². The Morgan fingerprint density at radius 1 is 1.11 bits per heavy atom. The maximum atomic E-state index is 6.01. The third kappa shape index (κ3) is 3.44. The fraction of sp³-hybridized carbons (Fsp3) is 0.286. The molecule has 0 saturated carbocycles. The van der Waals surface area contributed by atoms with Gasteiger partial charge in [0.05, 0.1) is 0 Å². The lowest BCUT2D eigenvalue weighted by atomic mass is 10.1. The Kier molecular flexibility index (Phi) is 4.20. The number of rotatable bonds is 3. The van der Waals surface area contributed by atoms with Crippen molar-refractivity contribution in [2.75, 3.05) is 0 Å². The second-order valence-corrected chi connectivity index (χ2v) is 5.32. The minimum Gasteiger partial charge on any atom is -0.237 e. The molecule has 0 fully saturated rings. The summed E-state index contributed by atoms with van der Waals surface area (Å²) in [6.45, 7) is 4.17. The maximum Gasteiger partial charge on any atom is 0.134 e.